The summed E-state index contributed by atoms with van der Waals surface area (Å²) >= 11 is 0. The van der Waals surface area contributed by atoms with Crippen molar-refractivity contribution < 1.29 is 14.7 Å². The number of carbonyl (C=O) groups excluding carboxylic acids is 1. The highest BCUT2D eigenvalue weighted by atomic mass is 16.4. The van der Waals surface area contributed by atoms with Crippen LogP contribution in [0.3, 0.4) is 0 Å². The Morgan fingerprint density at radius 3 is 2.67 bits per heavy atom. The lowest BCUT2D eigenvalue weighted by molar-refractivity contribution is -0.118. The SMILES string of the molecule is O=C(O)c1ccc2c(c1)[C@@]1(C[C@@H]1c1ccccc1)C(=O)N2. The smallest absolute Gasteiger partial charge is 0.335 e. The molecular formula is C17H13NO3. The lowest BCUT2D eigenvalue weighted by Gasteiger charge is -2.09. The minimum Gasteiger partial charge on any atom is -0.478 e. The Balaban J connectivity index is 1.81. The molecule has 1 amide bonds. The van der Waals surface area contributed by atoms with Gasteiger partial charge in [0.2, 0.25) is 5.91 Å². The molecule has 21 heavy (non-hydrogen) atoms. The van der Waals surface area contributed by atoms with Crippen LogP contribution in [-0.2, 0) is 10.2 Å². The summed E-state index contributed by atoms with van der Waals surface area (Å²) in [5.74, 6) is -0.859. The molecule has 1 spiro atoms. The summed E-state index contributed by atoms with van der Waals surface area (Å²) in [6, 6.07) is 14.8. The van der Waals surface area contributed by atoms with Crippen molar-refractivity contribution in [3.05, 3.63) is 65.2 Å². The van der Waals surface area contributed by atoms with Crippen LogP contribution in [0.4, 0.5) is 5.69 Å². The highest BCUT2D eigenvalue weighted by Gasteiger charge is 2.65. The van der Waals surface area contributed by atoms with Gasteiger partial charge in [0.15, 0.2) is 0 Å². The van der Waals surface area contributed by atoms with Crippen LogP contribution in [0.1, 0.15) is 33.8 Å². The largest absolute Gasteiger partial charge is 0.478 e. The first-order chi connectivity index (χ1) is 10.1. The second-order valence-electron chi connectivity index (χ2n) is 5.66. The fraction of sp³-hybridized carbons (Fsp3) is 0.176. The molecule has 0 bridgehead atoms. The standard InChI is InChI=1S/C17H13NO3/c19-15(20)11-6-7-14-12(8-11)17(16(21)18-14)9-13(17)10-4-2-1-3-5-10/h1-8,13H,9H2,(H,18,21)(H,19,20)/t13-,17-/m1/s1. The van der Waals surface area contributed by atoms with E-state index in [0.717, 1.165) is 23.2 Å². The molecule has 2 atom stereocenters. The molecule has 1 saturated carbocycles. The molecule has 2 aliphatic rings. The average molecular weight is 279 g/mol. The van der Waals surface area contributed by atoms with Crippen LogP contribution < -0.4 is 5.32 Å². The number of nitrogens with one attached hydrogen (secondary N) is 1. The molecule has 0 aromatic heterocycles. The minimum absolute atomic E-state index is 0.0195. The number of carbonyl (C=O) groups is 2. The molecule has 2 aromatic carbocycles. The molecule has 1 heterocycles. The molecule has 1 fully saturated rings. The van der Waals surface area contributed by atoms with Crippen LogP contribution >= 0.6 is 0 Å². The molecule has 1 aliphatic heterocycles. The van der Waals surface area contributed by atoms with E-state index in [0.29, 0.717) is 0 Å². The van der Waals surface area contributed by atoms with Gasteiger partial charge in [-0.15, -0.1) is 0 Å². The predicted molar refractivity (Wildman–Crippen MR) is 77.5 cm³/mol. The van der Waals surface area contributed by atoms with E-state index < -0.39 is 11.4 Å². The topological polar surface area (TPSA) is 66.4 Å². The van der Waals surface area contributed by atoms with Crippen molar-refractivity contribution in [2.75, 3.05) is 5.32 Å². The van der Waals surface area contributed by atoms with Crippen molar-refractivity contribution in [3.63, 3.8) is 0 Å². The monoisotopic (exact) mass is 279 g/mol. The molecule has 0 unspecified atom stereocenters. The zero-order chi connectivity index (χ0) is 14.6. The molecular weight excluding hydrogens is 266 g/mol. The van der Waals surface area contributed by atoms with E-state index in [4.69, 9.17) is 5.11 Å². The Labute approximate surface area is 121 Å². The summed E-state index contributed by atoms with van der Waals surface area (Å²) in [4.78, 5) is 23.6. The molecule has 4 heteroatoms. The van der Waals surface area contributed by atoms with Gasteiger partial charge in [0.25, 0.3) is 0 Å². The summed E-state index contributed by atoms with van der Waals surface area (Å²) in [6.07, 6.45) is 0.735. The van der Waals surface area contributed by atoms with E-state index in [1.54, 1.807) is 12.1 Å². The maximum atomic E-state index is 12.4. The summed E-state index contributed by atoms with van der Waals surface area (Å²) in [7, 11) is 0. The number of carboxylic acid groups (broad SMARTS) is 1. The van der Waals surface area contributed by atoms with E-state index >= 15 is 0 Å². The number of fused-ring (bicyclic) bond motifs is 2. The molecule has 4 nitrogen and oxygen atoms in total. The van der Waals surface area contributed by atoms with Gasteiger partial charge >= 0.3 is 5.97 Å². The Morgan fingerprint density at radius 2 is 1.95 bits per heavy atom. The van der Waals surface area contributed by atoms with Gasteiger partial charge in [-0.1, -0.05) is 30.3 Å². The van der Waals surface area contributed by atoms with Crippen molar-refractivity contribution in [1.82, 2.24) is 0 Å². The molecule has 0 radical (unpaired) electrons. The van der Waals surface area contributed by atoms with Crippen LogP contribution in [-0.4, -0.2) is 17.0 Å². The lowest BCUT2D eigenvalue weighted by Crippen LogP contribution is -2.21. The highest BCUT2D eigenvalue weighted by molar-refractivity contribution is 6.10. The lowest BCUT2D eigenvalue weighted by atomic mass is 9.91. The fourth-order valence-electron chi connectivity index (χ4n) is 3.41. The number of hydrogen-bond acceptors (Lipinski definition) is 2. The van der Waals surface area contributed by atoms with E-state index in [1.165, 1.54) is 6.07 Å². The second kappa shape index (κ2) is 3.95. The van der Waals surface area contributed by atoms with Crippen molar-refractivity contribution in [1.29, 1.82) is 0 Å². The third-order valence-corrected chi connectivity index (χ3v) is 4.56. The Bertz CT molecular complexity index is 769. The summed E-state index contributed by atoms with van der Waals surface area (Å²) < 4.78 is 0. The maximum Gasteiger partial charge on any atom is 0.335 e. The first kappa shape index (κ1) is 12.1. The van der Waals surface area contributed by atoms with Crippen molar-refractivity contribution in [2.45, 2.75) is 17.8 Å². The fourth-order valence-corrected chi connectivity index (χ4v) is 3.41. The average Bonchev–Trinajstić information content (AvgIpc) is 3.18. The maximum absolute atomic E-state index is 12.4. The second-order valence-corrected chi connectivity index (χ2v) is 5.66. The third kappa shape index (κ3) is 1.56. The predicted octanol–water partition coefficient (Wildman–Crippen LogP) is 2.76. The van der Waals surface area contributed by atoms with Gasteiger partial charge < -0.3 is 10.4 Å². The Hall–Kier alpha value is -2.62. The first-order valence-corrected chi connectivity index (χ1v) is 6.87. The Kier molecular flexibility index (Phi) is 2.28. The summed E-state index contributed by atoms with van der Waals surface area (Å²) in [5, 5.41) is 12.0. The van der Waals surface area contributed by atoms with Crippen LogP contribution in [0.2, 0.25) is 0 Å². The van der Waals surface area contributed by atoms with E-state index in [2.05, 4.69) is 5.32 Å². The van der Waals surface area contributed by atoms with Crippen LogP contribution in [0.15, 0.2) is 48.5 Å². The zero-order valence-electron chi connectivity index (χ0n) is 11.2. The van der Waals surface area contributed by atoms with Gasteiger partial charge in [0.1, 0.15) is 0 Å². The van der Waals surface area contributed by atoms with Crippen molar-refractivity contribution in [2.24, 2.45) is 0 Å². The van der Waals surface area contributed by atoms with Crippen LogP contribution in [0.25, 0.3) is 0 Å². The highest BCUT2D eigenvalue weighted by Crippen LogP contribution is 2.64. The number of benzene rings is 2. The summed E-state index contributed by atoms with van der Waals surface area (Å²) in [6.45, 7) is 0. The number of rotatable bonds is 2. The first-order valence-electron chi connectivity index (χ1n) is 6.87. The van der Waals surface area contributed by atoms with Crippen LogP contribution in [0, 0.1) is 0 Å². The third-order valence-electron chi connectivity index (χ3n) is 4.56. The molecule has 0 saturated heterocycles. The number of aromatic carboxylic acids is 1. The van der Waals surface area contributed by atoms with Gasteiger partial charge in [0, 0.05) is 11.6 Å². The molecule has 4 rings (SSSR count). The summed E-state index contributed by atoms with van der Waals surface area (Å²) in [5.41, 5.74) is 2.33. The molecule has 2 N–H and O–H groups in total. The van der Waals surface area contributed by atoms with Gasteiger partial charge in [-0.2, -0.15) is 0 Å². The van der Waals surface area contributed by atoms with Gasteiger partial charge in [-0.25, -0.2) is 4.79 Å². The molecule has 104 valence electrons. The zero-order valence-corrected chi connectivity index (χ0v) is 11.2. The number of hydrogen-bond donors (Lipinski definition) is 2. The number of carboxylic acids is 1. The molecule has 1 aliphatic carbocycles. The van der Waals surface area contributed by atoms with Gasteiger partial charge in [-0.05, 0) is 35.7 Å². The van der Waals surface area contributed by atoms with Gasteiger partial charge in [-0.3, -0.25) is 4.79 Å². The normalized spacial score (nSPS) is 25.5. The van der Waals surface area contributed by atoms with Gasteiger partial charge in [0.05, 0.1) is 11.0 Å². The molecule has 2 aromatic rings. The van der Waals surface area contributed by atoms with Crippen molar-refractivity contribution >= 4 is 17.6 Å². The van der Waals surface area contributed by atoms with Crippen LogP contribution in [0.5, 0.6) is 0 Å². The minimum atomic E-state index is -0.968. The van der Waals surface area contributed by atoms with E-state index in [9.17, 15) is 9.59 Å². The van der Waals surface area contributed by atoms with E-state index in [1.807, 2.05) is 30.3 Å². The quantitative estimate of drug-likeness (QED) is 0.888. The van der Waals surface area contributed by atoms with E-state index in [-0.39, 0.29) is 17.4 Å². The number of amides is 1. The number of anilines is 1. The Morgan fingerprint density at radius 1 is 1.19 bits per heavy atom. The van der Waals surface area contributed by atoms with Crippen molar-refractivity contribution in [3.8, 4) is 0 Å².